The SMILES string of the molecule is CCOc1ccc(C(=O)Nc2ccc(Cc3nc4cc(Cl)cc(Cl)c4o3)cc2)cc1. The van der Waals surface area contributed by atoms with Crippen molar-refractivity contribution >= 4 is 45.9 Å². The van der Waals surface area contributed by atoms with Gasteiger partial charge in [-0.2, -0.15) is 0 Å². The average molecular weight is 441 g/mol. The summed E-state index contributed by atoms with van der Waals surface area (Å²) < 4.78 is 11.1. The van der Waals surface area contributed by atoms with Crippen molar-refractivity contribution in [3.63, 3.8) is 0 Å². The second-order valence-corrected chi connectivity index (χ2v) is 7.47. The van der Waals surface area contributed by atoms with Crippen LogP contribution < -0.4 is 10.1 Å². The minimum absolute atomic E-state index is 0.184. The Hall–Kier alpha value is -3.02. The van der Waals surface area contributed by atoms with Crippen LogP contribution in [0.15, 0.2) is 65.1 Å². The van der Waals surface area contributed by atoms with E-state index in [1.165, 1.54) is 0 Å². The number of carbonyl (C=O) groups is 1. The highest BCUT2D eigenvalue weighted by molar-refractivity contribution is 6.37. The Kier molecular flexibility index (Phi) is 5.93. The molecule has 7 heteroatoms. The van der Waals surface area contributed by atoms with Gasteiger partial charge in [-0.05, 0) is 61.0 Å². The molecular weight excluding hydrogens is 423 g/mol. The molecule has 0 saturated carbocycles. The van der Waals surface area contributed by atoms with Gasteiger partial charge in [-0.25, -0.2) is 4.98 Å². The van der Waals surface area contributed by atoms with E-state index < -0.39 is 0 Å². The molecule has 5 nitrogen and oxygen atoms in total. The maximum absolute atomic E-state index is 12.4. The quantitative estimate of drug-likeness (QED) is 0.377. The fraction of sp³-hybridized carbons (Fsp3) is 0.130. The molecule has 0 aliphatic heterocycles. The number of hydrogen-bond acceptors (Lipinski definition) is 4. The van der Waals surface area contributed by atoms with E-state index in [0.29, 0.717) is 51.3 Å². The van der Waals surface area contributed by atoms with E-state index in [1.54, 1.807) is 36.4 Å². The summed E-state index contributed by atoms with van der Waals surface area (Å²) in [7, 11) is 0. The third kappa shape index (κ3) is 4.58. The molecular formula is C23H18Cl2N2O3. The van der Waals surface area contributed by atoms with E-state index in [4.69, 9.17) is 32.4 Å². The molecule has 30 heavy (non-hydrogen) atoms. The van der Waals surface area contributed by atoms with E-state index in [0.717, 1.165) is 11.3 Å². The number of oxazole rings is 1. The van der Waals surface area contributed by atoms with Crippen LogP contribution in [0, 0.1) is 0 Å². The maximum Gasteiger partial charge on any atom is 0.255 e. The van der Waals surface area contributed by atoms with E-state index in [9.17, 15) is 4.79 Å². The van der Waals surface area contributed by atoms with Crippen LogP contribution in [0.2, 0.25) is 10.0 Å². The van der Waals surface area contributed by atoms with Gasteiger partial charge in [-0.3, -0.25) is 4.79 Å². The number of rotatable bonds is 6. The highest BCUT2D eigenvalue weighted by atomic mass is 35.5. The van der Waals surface area contributed by atoms with Crippen molar-refractivity contribution in [2.75, 3.05) is 11.9 Å². The monoisotopic (exact) mass is 440 g/mol. The molecule has 0 unspecified atom stereocenters. The number of nitrogens with zero attached hydrogens (tertiary/aromatic N) is 1. The number of fused-ring (bicyclic) bond motifs is 1. The minimum Gasteiger partial charge on any atom is -0.494 e. The van der Waals surface area contributed by atoms with Crippen molar-refractivity contribution in [2.45, 2.75) is 13.3 Å². The zero-order chi connectivity index (χ0) is 21.1. The molecule has 0 saturated heterocycles. The molecule has 0 atom stereocenters. The second kappa shape index (κ2) is 8.78. The third-order valence-electron chi connectivity index (χ3n) is 4.45. The van der Waals surface area contributed by atoms with Crippen LogP contribution >= 0.6 is 23.2 Å². The largest absolute Gasteiger partial charge is 0.494 e. The van der Waals surface area contributed by atoms with Crippen molar-refractivity contribution in [1.29, 1.82) is 0 Å². The third-order valence-corrected chi connectivity index (χ3v) is 4.95. The summed E-state index contributed by atoms with van der Waals surface area (Å²) in [6.45, 7) is 2.50. The van der Waals surface area contributed by atoms with Gasteiger partial charge in [-0.1, -0.05) is 35.3 Å². The molecule has 4 aromatic rings. The van der Waals surface area contributed by atoms with Gasteiger partial charge < -0.3 is 14.5 Å². The number of aromatic nitrogens is 1. The van der Waals surface area contributed by atoms with Crippen molar-refractivity contribution in [1.82, 2.24) is 4.98 Å². The van der Waals surface area contributed by atoms with Crippen LogP contribution in [0.3, 0.4) is 0 Å². The summed E-state index contributed by atoms with van der Waals surface area (Å²) in [6.07, 6.45) is 0.496. The summed E-state index contributed by atoms with van der Waals surface area (Å²) in [6, 6.07) is 17.9. The standard InChI is InChI=1S/C23H18Cl2N2O3/c1-2-29-18-9-5-15(6-10-18)23(28)26-17-7-3-14(4-8-17)11-21-27-20-13-16(24)12-19(25)22(20)30-21/h3-10,12-13H,2,11H2,1H3,(H,26,28). The Labute approximate surface area is 183 Å². The van der Waals surface area contributed by atoms with Crippen LogP contribution in [0.4, 0.5) is 5.69 Å². The summed E-state index contributed by atoms with van der Waals surface area (Å²) in [5.41, 5.74) is 3.40. The Morgan fingerprint density at radius 2 is 1.80 bits per heavy atom. The lowest BCUT2D eigenvalue weighted by atomic mass is 10.1. The molecule has 3 aromatic carbocycles. The predicted octanol–water partition coefficient (Wildman–Crippen LogP) is 6.38. The Morgan fingerprint density at radius 3 is 2.50 bits per heavy atom. The molecule has 152 valence electrons. The van der Waals surface area contributed by atoms with Crippen LogP contribution in [0.5, 0.6) is 5.75 Å². The van der Waals surface area contributed by atoms with Crippen LogP contribution in [0.25, 0.3) is 11.1 Å². The molecule has 1 aromatic heterocycles. The molecule has 0 spiro atoms. The average Bonchev–Trinajstić information content (AvgIpc) is 3.13. The number of carbonyl (C=O) groups excluding carboxylic acids is 1. The number of anilines is 1. The van der Waals surface area contributed by atoms with Crippen molar-refractivity contribution in [3.8, 4) is 5.75 Å². The highest BCUT2D eigenvalue weighted by Gasteiger charge is 2.12. The molecule has 0 aliphatic rings. The lowest BCUT2D eigenvalue weighted by molar-refractivity contribution is 0.102. The van der Waals surface area contributed by atoms with Crippen LogP contribution in [0.1, 0.15) is 28.7 Å². The van der Waals surface area contributed by atoms with Gasteiger partial charge in [0, 0.05) is 22.7 Å². The molecule has 4 rings (SSSR count). The van der Waals surface area contributed by atoms with Gasteiger partial charge in [0.25, 0.3) is 5.91 Å². The summed E-state index contributed by atoms with van der Waals surface area (Å²) in [5.74, 6) is 1.10. The van der Waals surface area contributed by atoms with Gasteiger partial charge in [0.1, 0.15) is 11.3 Å². The minimum atomic E-state index is -0.184. The van der Waals surface area contributed by atoms with Crippen LogP contribution in [-0.4, -0.2) is 17.5 Å². The van der Waals surface area contributed by atoms with Gasteiger partial charge >= 0.3 is 0 Å². The van der Waals surface area contributed by atoms with Crippen LogP contribution in [-0.2, 0) is 6.42 Å². The summed E-state index contributed by atoms with van der Waals surface area (Å²) in [5, 5.41) is 3.83. The number of hydrogen-bond donors (Lipinski definition) is 1. The number of ether oxygens (including phenoxy) is 1. The molecule has 1 N–H and O–H groups in total. The summed E-state index contributed by atoms with van der Waals surface area (Å²) in [4.78, 5) is 16.9. The Balaban J connectivity index is 1.42. The zero-order valence-electron chi connectivity index (χ0n) is 16.1. The first kappa shape index (κ1) is 20.3. The van der Waals surface area contributed by atoms with E-state index >= 15 is 0 Å². The smallest absolute Gasteiger partial charge is 0.255 e. The van der Waals surface area contributed by atoms with Crippen molar-refractivity contribution in [2.24, 2.45) is 0 Å². The Bertz CT molecular complexity index is 1190. The highest BCUT2D eigenvalue weighted by Crippen LogP contribution is 2.29. The predicted molar refractivity (Wildman–Crippen MR) is 119 cm³/mol. The zero-order valence-corrected chi connectivity index (χ0v) is 17.6. The van der Waals surface area contributed by atoms with E-state index in [-0.39, 0.29) is 5.91 Å². The van der Waals surface area contributed by atoms with Crippen molar-refractivity contribution < 1.29 is 13.9 Å². The molecule has 1 amide bonds. The fourth-order valence-corrected chi connectivity index (χ4v) is 3.56. The van der Waals surface area contributed by atoms with E-state index in [2.05, 4.69) is 10.3 Å². The number of benzene rings is 3. The topological polar surface area (TPSA) is 64.4 Å². The maximum atomic E-state index is 12.4. The molecule has 0 bridgehead atoms. The lowest BCUT2D eigenvalue weighted by Gasteiger charge is -2.07. The number of nitrogens with one attached hydrogen (secondary N) is 1. The Morgan fingerprint density at radius 1 is 1.07 bits per heavy atom. The van der Waals surface area contributed by atoms with E-state index in [1.807, 2.05) is 31.2 Å². The lowest BCUT2D eigenvalue weighted by Crippen LogP contribution is -2.11. The van der Waals surface area contributed by atoms with Gasteiger partial charge in [0.2, 0.25) is 0 Å². The van der Waals surface area contributed by atoms with Gasteiger partial charge in [-0.15, -0.1) is 0 Å². The first-order valence-electron chi connectivity index (χ1n) is 9.39. The summed E-state index contributed by atoms with van der Waals surface area (Å²) >= 11 is 12.2. The molecule has 0 fully saturated rings. The molecule has 1 heterocycles. The molecule has 0 aliphatic carbocycles. The number of halogens is 2. The number of amides is 1. The fourth-order valence-electron chi connectivity index (χ4n) is 3.03. The second-order valence-electron chi connectivity index (χ2n) is 6.63. The van der Waals surface area contributed by atoms with Crippen molar-refractivity contribution in [3.05, 3.63) is 87.7 Å². The molecule has 0 radical (unpaired) electrons. The van der Waals surface area contributed by atoms with Gasteiger partial charge in [0.05, 0.1) is 11.6 Å². The normalized spacial score (nSPS) is 10.9. The first-order valence-corrected chi connectivity index (χ1v) is 10.1. The first-order chi connectivity index (χ1) is 14.5. The van der Waals surface area contributed by atoms with Gasteiger partial charge in [0.15, 0.2) is 11.5 Å².